The normalized spacial score (nSPS) is 17.3. The average Bonchev–Trinajstić information content (AvgIpc) is 2.72. The van der Waals surface area contributed by atoms with Gasteiger partial charge in [-0.05, 0) is 37.8 Å². The maximum atomic E-state index is 5.92. The van der Waals surface area contributed by atoms with Gasteiger partial charge < -0.3 is 0 Å². The van der Waals surface area contributed by atoms with Gasteiger partial charge in [0.25, 0.3) is 0 Å². The second-order valence-electron chi connectivity index (χ2n) is 4.07. The van der Waals surface area contributed by atoms with Crippen LogP contribution in [0, 0.1) is 13.8 Å². The Labute approximate surface area is 99.8 Å². The van der Waals surface area contributed by atoms with Crippen molar-refractivity contribution in [2.75, 3.05) is 0 Å². The number of halogens is 1. The van der Waals surface area contributed by atoms with Crippen molar-refractivity contribution >= 4 is 23.4 Å². The Morgan fingerprint density at radius 2 is 1.80 bits per heavy atom. The third-order valence-corrected chi connectivity index (χ3v) is 4.78. The van der Waals surface area contributed by atoms with E-state index in [9.17, 15) is 0 Å². The molecule has 1 aromatic heterocycles. The van der Waals surface area contributed by atoms with Crippen molar-refractivity contribution in [3.8, 4) is 0 Å². The third kappa shape index (κ3) is 2.45. The number of hydrogen-bond donors (Lipinski definition) is 0. The van der Waals surface area contributed by atoms with E-state index in [0.717, 1.165) is 15.8 Å². The first-order chi connectivity index (χ1) is 7.18. The fourth-order valence-corrected chi connectivity index (χ4v) is 3.31. The molecule has 0 aromatic carbocycles. The van der Waals surface area contributed by atoms with Crippen molar-refractivity contribution in [3.05, 3.63) is 16.3 Å². The maximum Gasteiger partial charge on any atom is 0.154 e. The molecular formula is C11H15ClN2S. The molecule has 1 aromatic rings. The van der Waals surface area contributed by atoms with E-state index >= 15 is 0 Å². The Morgan fingerprint density at radius 1 is 1.13 bits per heavy atom. The molecule has 0 aliphatic heterocycles. The predicted molar refractivity (Wildman–Crippen MR) is 64.6 cm³/mol. The zero-order valence-electron chi connectivity index (χ0n) is 9.09. The molecule has 1 heterocycles. The average molecular weight is 243 g/mol. The molecule has 0 bridgehead atoms. The van der Waals surface area contributed by atoms with E-state index in [2.05, 4.69) is 17.1 Å². The highest BCUT2D eigenvalue weighted by molar-refractivity contribution is 7.99. The van der Waals surface area contributed by atoms with Crippen LogP contribution in [0.3, 0.4) is 0 Å². The first kappa shape index (κ1) is 11.2. The van der Waals surface area contributed by atoms with Crippen LogP contribution in [0.25, 0.3) is 0 Å². The van der Waals surface area contributed by atoms with Crippen LogP contribution in [0.5, 0.6) is 0 Å². The summed E-state index contributed by atoms with van der Waals surface area (Å²) in [4.78, 5) is 0. The van der Waals surface area contributed by atoms with E-state index in [-0.39, 0.29) is 0 Å². The molecule has 0 radical (unpaired) electrons. The van der Waals surface area contributed by atoms with Crippen LogP contribution in [-0.2, 0) is 0 Å². The van der Waals surface area contributed by atoms with Gasteiger partial charge in [0.2, 0.25) is 0 Å². The van der Waals surface area contributed by atoms with Gasteiger partial charge in [-0.3, -0.25) is 0 Å². The van der Waals surface area contributed by atoms with Gasteiger partial charge in [-0.15, -0.1) is 22.0 Å². The van der Waals surface area contributed by atoms with Gasteiger partial charge in [0.05, 0.1) is 0 Å². The van der Waals surface area contributed by atoms with Crippen molar-refractivity contribution in [3.63, 3.8) is 0 Å². The summed E-state index contributed by atoms with van der Waals surface area (Å²) in [5.74, 6) is 0. The second-order valence-corrected chi connectivity index (χ2v) is 5.72. The highest BCUT2D eigenvalue weighted by atomic mass is 35.5. The summed E-state index contributed by atoms with van der Waals surface area (Å²) in [6, 6.07) is 0. The lowest BCUT2D eigenvalue weighted by Crippen LogP contribution is -2.00. The van der Waals surface area contributed by atoms with E-state index in [1.807, 2.05) is 18.7 Å². The number of hydrogen-bond acceptors (Lipinski definition) is 3. The summed E-state index contributed by atoms with van der Waals surface area (Å²) in [6.45, 7) is 4.08. The molecule has 82 valence electrons. The van der Waals surface area contributed by atoms with Gasteiger partial charge in [-0.1, -0.05) is 24.4 Å². The fourth-order valence-electron chi connectivity index (χ4n) is 1.83. The van der Waals surface area contributed by atoms with E-state index in [1.165, 1.54) is 31.2 Å². The Kier molecular flexibility index (Phi) is 3.52. The lowest BCUT2D eigenvalue weighted by Gasteiger charge is -2.11. The zero-order valence-corrected chi connectivity index (χ0v) is 10.7. The van der Waals surface area contributed by atoms with Crippen LogP contribution < -0.4 is 0 Å². The fraction of sp³-hybridized carbons (Fsp3) is 0.636. The molecule has 1 aliphatic rings. The SMILES string of the molecule is Cc1c(Cl)nnc(SC2CCCC2)c1C. The molecule has 0 saturated heterocycles. The maximum absolute atomic E-state index is 5.92. The first-order valence-corrected chi connectivity index (χ1v) is 6.60. The van der Waals surface area contributed by atoms with Crippen molar-refractivity contribution in [1.29, 1.82) is 0 Å². The minimum absolute atomic E-state index is 0.531. The second kappa shape index (κ2) is 4.71. The van der Waals surface area contributed by atoms with Crippen LogP contribution in [0.1, 0.15) is 36.8 Å². The molecule has 0 N–H and O–H groups in total. The van der Waals surface area contributed by atoms with E-state index < -0.39 is 0 Å². The minimum Gasteiger partial charge on any atom is -0.142 e. The van der Waals surface area contributed by atoms with Crippen LogP contribution in [0.15, 0.2) is 5.03 Å². The highest BCUT2D eigenvalue weighted by Gasteiger charge is 2.19. The van der Waals surface area contributed by atoms with Gasteiger partial charge in [0, 0.05) is 5.25 Å². The first-order valence-electron chi connectivity index (χ1n) is 5.34. The molecular weight excluding hydrogens is 228 g/mol. The Bertz CT molecular complexity index is 362. The lowest BCUT2D eigenvalue weighted by atomic mass is 10.2. The Morgan fingerprint density at radius 3 is 2.47 bits per heavy atom. The quantitative estimate of drug-likeness (QED) is 0.789. The van der Waals surface area contributed by atoms with Crippen LogP contribution in [-0.4, -0.2) is 15.4 Å². The standard InChI is InChI=1S/C11H15ClN2S/c1-7-8(2)11(14-13-10(7)12)15-9-5-3-4-6-9/h9H,3-6H2,1-2H3. The third-order valence-electron chi connectivity index (χ3n) is 3.00. The summed E-state index contributed by atoms with van der Waals surface area (Å²) < 4.78 is 0. The van der Waals surface area contributed by atoms with Crippen LogP contribution in [0.2, 0.25) is 5.15 Å². The number of thioether (sulfide) groups is 1. The van der Waals surface area contributed by atoms with E-state index in [0.29, 0.717) is 5.15 Å². The van der Waals surface area contributed by atoms with Gasteiger partial charge in [-0.2, -0.15) is 0 Å². The summed E-state index contributed by atoms with van der Waals surface area (Å²) >= 11 is 7.79. The molecule has 2 nitrogen and oxygen atoms in total. The Balaban J connectivity index is 2.17. The van der Waals surface area contributed by atoms with E-state index in [1.54, 1.807) is 0 Å². The van der Waals surface area contributed by atoms with Crippen molar-refractivity contribution in [2.45, 2.75) is 49.8 Å². The summed E-state index contributed by atoms with van der Waals surface area (Å²) in [5, 5.41) is 10.5. The van der Waals surface area contributed by atoms with Crippen LogP contribution in [0.4, 0.5) is 0 Å². The molecule has 0 spiro atoms. The molecule has 1 aliphatic carbocycles. The monoisotopic (exact) mass is 242 g/mol. The van der Waals surface area contributed by atoms with Gasteiger partial charge in [0.15, 0.2) is 5.15 Å². The number of nitrogens with zero attached hydrogens (tertiary/aromatic N) is 2. The summed E-state index contributed by atoms with van der Waals surface area (Å²) in [7, 11) is 0. The molecule has 2 rings (SSSR count). The molecule has 1 saturated carbocycles. The molecule has 0 amide bonds. The van der Waals surface area contributed by atoms with Crippen LogP contribution >= 0.6 is 23.4 Å². The topological polar surface area (TPSA) is 25.8 Å². The molecule has 15 heavy (non-hydrogen) atoms. The van der Waals surface area contributed by atoms with Crippen molar-refractivity contribution < 1.29 is 0 Å². The Hall–Kier alpha value is -0.280. The van der Waals surface area contributed by atoms with Crippen molar-refractivity contribution in [2.24, 2.45) is 0 Å². The zero-order chi connectivity index (χ0) is 10.8. The smallest absolute Gasteiger partial charge is 0.142 e. The largest absolute Gasteiger partial charge is 0.154 e. The molecule has 1 fully saturated rings. The van der Waals surface area contributed by atoms with Crippen molar-refractivity contribution in [1.82, 2.24) is 10.2 Å². The number of rotatable bonds is 2. The lowest BCUT2D eigenvalue weighted by molar-refractivity contribution is 0.863. The van der Waals surface area contributed by atoms with Gasteiger partial charge in [0.1, 0.15) is 5.03 Å². The molecule has 0 atom stereocenters. The summed E-state index contributed by atoms with van der Waals surface area (Å²) in [6.07, 6.45) is 5.34. The minimum atomic E-state index is 0.531. The van der Waals surface area contributed by atoms with E-state index in [4.69, 9.17) is 11.6 Å². The molecule has 0 unspecified atom stereocenters. The predicted octanol–water partition coefficient (Wildman–Crippen LogP) is 3.78. The highest BCUT2D eigenvalue weighted by Crippen LogP contribution is 2.36. The van der Waals surface area contributed by atoms with Gasteiger partial charge >= 0.3 is 0 Å². The summed E-state index contributed by atoms with van der Waals surface area (Å²) in [5.41, 5.74) is 2.25. The number of aromatic nitrogens is 2. The molecule has 4 heteroatoms. The van der Waals surface area contributed by atoms with Gasteiger partial charge in [-0.25, -0.2) is 0 Å².